The minimum Gasteiger partial charge on any atom is -0.338 e. The summed E-state index contributed by atoms with van der Waals surface area (Å²) in [6, 6.07) is 15.4. The van der Waals surface area contributed by atoms with Crippen LogP contribution in [0.5, 0.6) is 0 Å². The van der Waals surface area contributed by atoms with Crippen molar-refractivity contribution in [2.75, 3.05) is 31.5 Å². The summed E-state index contributed by atoms with van der Waals surface area (Å²) in [6.07, 6.45) is 13.1. The summed E-state index contributed by atoms with van der Waals surface area (Å²) in [5, 5.41) is 6.55. The second kappa shape index (κ2) is 11.9. The highest BCUT2D eigenvalue weighted by molar-refractivity contribution is 6.06. The highest BCUT2D eigenvalue weighted by atomic mass is 16.2. The molecule has 0 unspecified atom stereocenters. The van der Waals surface area contributed by atoms with E-state index in [9.17, 15) is 9.59 Å². The molecule has 0 atom stereocenters. The van der Waals surface area contributed by atoms with Gasteiger partial charge >= 0.3 is 6.03 Å². The highest BCUT2D eigenvalue weighted by Gasteiger charge is 2.29. The summed E-state index contributed by atoms with van der Waals surface area (Å²) in [6.45, 7) is 4.36. The van der Waals surface area contributed by atoms with Gasteiger partial charge in [-0.25, -0.2) is 9.78 Å². The van der Waals surface area contributed by atoms with Crippen molar-refractivity contribution in [1.82, 2.24) is 29.7 Å². The summed E-state index contributed by atoms with van der Waals surface area (Å²) >= 11 is 0. The summed E-state index contributed by atoms with van der Waals surface area (Å²) in [4.78, 5) is 39.3. The van der Waals surface area contributed by atoms with Gasteiger partial charge in [-0.15, -0.1) is 0 Å². The van der Waals surface area contributed by atoms with E-state index in [0.717, 1.165) is 48.2 Å². The van der Waals surface area contributed by atoms with Crippen molar-refractivity contribution >= 4 is 28.7 Å². The Labute approximate surface area is 234 Å². The molecule has 0 aliphatic carbocycles. The summed E-state index contributed by atoms with van der Waals surface area (Å²) < 4.78 is 1.95. The molecule has 2 fully saturated rings. The number of nitrogens with zero attached hydrogens (tertiary/aromatic N) is 5. The first-order valence-electron chi connectivity index (χ1n) is 14.2. The van der Waals surface area contributed by atoms with Crippen molar-refractivity contribution in [3.05, 3.63) is 84.4 Å². The molecule has 0 saturated carbocycles. The molecule has 2 aliphatic heterocycles. The van der Waals surface area contributed by atoms with Crippen LogP contribution >= 0.6 is 0 Å². The van der Waals surface area contributed by atoms with Crippen molar-refractivity contribution in [1.29, 1.82) is 0 Å². The van der Waals surface area contributed by atoms with Crippen LogP contribution in [-0.2, 0) is 6.54 Å². The van der Waals surface area contributed by atoms with Gasteiger partial charge in [0.2, 0.25) is 0 Å². The number of amides is 3. The SMILES string of the molecule is O=C(NCc1cccnc1)Nc1ccc(-n2cc(C(=O)N3CCC(N4CCCCC4)CC3)c3cccnc32)cc1. The fourth-order valence-electron chi connectivity index (χ4n) is 5.88. The average Bonchev–Trinajstić information content (AvgIpc) is 3.41. The Morgan fingerprint density at radius 2 is 1.68 bits per heavy atom. The van der Waals surface area contributed by atoms with E-state index in [1.54, 1.807) is 18.6 Å². The molecule has 206 valence electrons. The number of fused-ring (bicyclic) bond motifs is 1. The number of likely N-dealkylation sites (tertiary alicyclic amines) is 2. The molecular weight excluding hydrogens is 502 g/mol. The molecule has 0 bridgehead atoms. The van der Waals surface area contributed by atoms with Gasteiger partial charge in [-0.3, -0.25) is 9.78 Å². The molecule has 3 aromatic heterocycles. The molecule has 40 heavy (non-hydrogen) atoms. The van der Waals surface area contributed by atoms with Gasteiger partial charge < -0.3 is 25.0 Å². The number of rotatable bonds is 6. The van der Waals surface area contributed by atoms with Crippen molar-refractivity contribution in [2.24, 2.45) is 0 Å². The van der Waals surface area contributed by atoms with Crippen LogP contribution in [0, 0.1) is 0 Å². The third kappa shape index (κ3) is 5.70. The number of aromatic nitrogens is 3. The molecule has 4 aromatic rings. The first-order valence-corrected chi connectivity index (χ1v) is 14.2. The molecule has 2 N–H and O–H groups in total. The van der Waals surface area contributed by atoms with E-state index >= 15 is 0 Å². The van der Waals surface area contributed by atoms with E-state index in [1.807, 2.05) is 64.2 Å². The highest BCUT2D eigenvalue weighted by Crippen LogP contribution is 2.27. The first kappa shape index (κ1) is 26.0. The number of anilines is 1. The van der Waals surface area contributed by atoms with Gasteiger partial charge in [0.25, 0.3) is 5.91 Å². The number of piperidine rings is 2. The molecule has 6 rings (SSSR count). The van der Waals surface area contributed by atoms with Crippen molar-refractivity contribution in [2.45, 2.75) is 44.7 Å². The standard InChI is InChI=1S/C31H35N7O2/c39-30(37-18-12-25(13-19-37)36-16-2-1-3-17-36)28-22-38(29-27(28)7-5-15-33-29)26-10-8-24(9-11-26)35-31(40)34-21-23-6-4-14-32-20-23/h4-11,14-15,20,22,25H,1-3,12-13,16-19,21H2,(H2,34,35,40). The Kier molecular flexibility index (Phi) is 7.72. The predicted octanol–water partition coefficient (Wildman–Crippen LogP) is 4.83. The van der Waals surface area contributed by atoms with E-state index in [1.165, 1.54) is 32.4 Å². The van der Waals surface area contributed by atoms with Crippen LogP contribution in [0.25, 0.3) is 16.7 Å². The summed E-state index contributed by atoms with van der Waals surface area (Å²) in [5.41, 5.74) is 3.88. The van der Waals surface area contributed by atoms with Crippen LogP contribution in [0.15, 0.2) is 73.3 Å². The molecule has 0 radical (unpaired) electrons. The second-order valence-electron chi connectivity index (χ2n) is 10.6. The summed E-state index contributed by atoms with van der Waals surface area (Å²) in [5.74, 6) is 0.0671. The van der Waals surface area contributed by atoms with Gasteiger partial charge in [0.05, 0.1) is 5.56 Å². The number of nitrogens with one attached hydrogen (secondary N) is 2. The zero-order valence-electron chi connectivity index (χ0n) is 22.6. The second-order valence-corrected chi connectivity index (χ2v) is 10.6. The van der Waals surface area contributed by atoms with Crippen LogP contribution in [0.3, 0.4) is 0 Å². The molecule has 5 heterocycles. The molecular formula is C31H35N7O2. The molecule has 2 saturated heterocycles. The van der Waals surface area contributed by atoms with Crippen LogP contribution in [0.1, 0.15) is 48.0 Å². The van der Waals surface area contributed by atoms with Gasteiger partial charge in [-0.05, 0) is 86.8 Å². The zero-order valence-corrected chi connectivity index (χ0v) is 22.6. The van der Waals surface area contributed by atoms with E-state index < -0.39 is 0 Å². The number of urea groups is 1. The Bertz CT molecular complexity index is 1450. The van der Waals surface area contributed by atoms with Crippen molar-refractivity contribution in [3.63, 3.8) is 0 Å². The van der Waals surface area contributed by atoms with Gasteiger partial charge in [0.15, 0.2) is 0 Å². The number of hydrogen-bond acceptors (Lipinski definition) is 5. The van der Waals surface area contributed by atoms with E-state index in [2.05, 4.69) is 25.5 Å². The molecule has 1 aromatic carbocycles. The number of carbonyl (C=O) groups excluding carboxylic acids is 2. The van der Waals surface area contributed by atoms with Crippen molar-refractivity contribution < 1.29 is 9.59 Å². The van der Waals surface area contributed by atoms with Gasteiger partial charge in [0, 0.05) is 67.2 Å². The number of carbonyl (C=O) groups is 2. The Morgan fingerprint density at radius 3 is 2.42 bits per heavy atom. The van der Waals surface area contributed by atoms with Crippen LogP contribution < -0.4 is 10.6 Å². The first-order chi connectivity index (χ1) is 19.7. The van der Waals surface area contributed by atoms with E-state index in [0.29, 0.717) is 23.8 Å². The van der Waals surface area contributed by atoms with Gasteiger partial charge in [0.1, 0.15) is 5.65 Å². The van der Waals surface area contributed by atoms with Crippen LogP contribution in [0.2, 0.25) is 0 Å². The molecule has 0 spiro atoms. The largest absolute Gasteiger partial charge is 0.338 e. The van der Waals surface area contributed by atoms with Gasteiger partial charge in [-0.1, -0.05) is 12.5 Å². The summed E-state index contributed by atoms with van der Waals surface area (Å²) in [7, 11) is 0. The third-order valence-corrected chi connectivity index (χ3v) is 8.03. The van der Waals surface area contributed by atoms with Crippen LogP contribution in [0.4, 0.5) is 10.5 Å². The maximum absolute atomic E-state index is 13.7. The smallest absolute Gasteiger partial charge is 0.319 e. The van der Waals surface area contributed by atoms with Gasteiger partial charge in [-0.2, -0.15) is 0 Å². The lowest BCUT2D eigenvalue weighted by Gasteiger charge is -2.40. The normalized spacial score (nSPS) is 16.6. The molecule has 9 nitrogen and oxygen atoms in total. The zero-order chi connectivity index (χ0) is 27.3. The van der Waals surface area contributed by atoms with E-state index in [4.69, 9.17) is 0 Å². The fraction of sp³-hybridized carbons (Fsp3) is 0.355. The minimum absolute atomic E-state index is 0.0671. The topological polar surface area (TPSA) is 95.4 Å². The van der Waals surface area contributed by atoms with Crippen molar-refractivity contribution in [3.8, 4) is 5.69 Å². The van der Waals surface area contributed by atoms with Crippen LogP contribution in [-0.4, -0.2) is 68.5 Å². The quantitative estimate of drug-likeness (QED) is 0.367. The minimum atomic E-state index is -0.290. The number of pyridine rings is 2. The fourth-order valence-corrected chi connectivity index (χ4v) is 5.88. The average molecular weight is 538 g/mol. The number of hydrogen-bond donors (Lipinski definition) is 2. The maximum Gasteiger partial charge on any atom is 0.319 e. The van der Waals surface area contributed by atoms with E-state index in [-0.39, 0.29) is 11.9 Å². The molecule has 2 aliphatic rings. The lowest BCUT2D eigenvalue weighted by atomic mass is 9.99. The lowest BCUT2D eigenvalue weighted by Crippen LogP contribution is -2.48. The maximum atomic E-state index is 13.7. The molecule has 3 amide bonds. The Morgan fingerprint density at radius 1 is 0.900 bits per heavy atom. The number of benzene rings is 1. The molecule has 9 heteroatoms. The predicted molar refractivity (Wildman–Crippen MR) is 156 cm³/mol. The Balaban J connectivity index is 1.13. The Hall–Kier alpha value is -4.24. The third-order valence-electron chi connectivity index (χ3n) is 8.03. The monoisotopic (exact) mass is 537 g/mol. The lowest BCUT2D eigenvalue weighted by molar-refractivity contribution is 0.0591.